The molecule has 4 aromatic rings. The van der Waals surface area contributed by atoms with E-state index < -0.39 is 108 Å². The van der Waals surface area contributed by atoms with Gasteiger partial charge < -0.3 is 81.2 Å². The van der Waals surface area contributed by atoms with Crippen molar-refractivity contribution >= 4 is 93.2 Å². The Morgan fingerprint density at radius 3 is 1.49 bits per heavy atom. The number of aliphatic hydroxyl groups excluding tert-OH is 1. The Morgan fingerprint density at radius 1 is 0.575 bits per heavy atom. The zero-order valence-electron chi connectivity index (χ0n) is 43.3. The number of amides is 9. The molecule has 25 nitrogen and oxygen atoms in total. The minimum atomic E-state index is -1.74. The summed E-state index contributed by atoms with van der Waals surface area (Å²) in [5.74, 6) is -8.52. The molecule has 0 aromatic heterocycles. The van der Waals surface area contributed by atoms with Gasteiger partial charge in [0.25, 0.3) is 0 Å². The molecule has 0 saturated heterocycles. The number of aliphatic hydroxyl groups is 1. The van der Waals surface area contributed by atoms with Crippen LogP contribution < -0.4 is 65.9 Å². The first-order chi connectivity index (χ1) is 37.9. The number of nitrogens with two attached hydrogens (primary N) is 5. The number of hydrogen-bond donors (Lipinski definition) is 16. The molecule has 4 rings (SSSR count). The van der Waals surface area contributed by atoms with Crippen LogP contribution in [0.4, 0.5) is 0 Å². The molecule has 0 aliphatic carbocycles. The fourth-order valence-corrected chi connectivity index (χ4v) is 8.65. The van der Waals surface area contributed by atoms with Crippen LogP contribution in [0.3, 0.4) is 0 Å². The number of guanidine groups is 1. The Bertz CT molecular complexity index is 2810. The second-order valence-corrected chi connectivity index (χ2v) is 20.2. The highest BCUT2D eigenvalue weighted by Crippen LogP contribution is 2.16. The molecule has 28 heteroatoms. The second kappa shape index (κ2) is 32.1. The number of benzene rings is 4. The van der Waals surface area contributed by atoms with E-state index in [1.807, 2.05) is 0 Å². The number of hydrogen-bond acceptors (Lipinski definition) is 16. The van der Waals surface area contributed by atoms with Crippen molar-refractivity contribution in [2.45, 2.75) is 93.8 Å². The average molecular weight is 1160 g/mol. The molecule has 0 fully saturated rings. The van der Waals surface area contributed by atoms with Crippen molar-refractivity contribution in [2.24, 2.45) is 33.7 Å². The average Bonchev–Trinajstić information content (AvgIpc) is 3.41. The van der Waals surface area contributed by atoms with E-state index >= 15 is 0 Å². The third-order valence-corrected chi connectivity index (χ3v) is 13.2. The normalized spacial score (nSPS) is 13.9. The summed E-state index contributed by atoms with van der Waals surface area (Å²) in [6.07, 6.45) is -2.24. The van der Waals surface area contributed by atoms with Crippen molar-refractivity contribution in [3.05, 3.63) is 130 Å². The van der Waals surface area contributed by atoms with Crippen molar-refractivity contribution in [1.29, 1.82) is 0 Å². The SMILES string of the molecule is C[C@@H](O)[C@H](NC(=O)[C@H](CCCN=C(N)N)NC(=O)[C@@H](Cc1ccc(C(N)=O)cc1)NC(=O)[C@H](Cc1ccc(O)cc1)NC(=O)[C@@H](CSS)NC(=O)[C@@H](N)Cc1ccc(Cl)cc1)C(=O)NCC(=O)NC(Cc1ccc(O)cc1)C(N)=O. The molecule has 8 atom stereocenters. The van der Waals surface area contributed by atoms with E-state index in [1.54, 1.807) is 24.3 Å². The quantitative estimate of drug-likeness (QED) is 0.00850. The predicted molar refractivity (Wildman–Crippen MR) is 302 cm³/mol. The van der Waals surface area contributed by atoms with Gasteiger partial charge in [-0.15, -0.1) is 11.7 Å². The van der Waals surface area contributed by atoms with Gasteiger partial charge in [0.05, 0.1) is 18.7 Å². The van der Waals surface area contributed by atoms with Crippen LogP contribution in [0.25, 0.3) is 0 Å². The molecule has 430 valence electrons. The van der Waals surface area contributed by atoms with E-state index in [1.165, 1.54) is 79.7 Å². The minimum Gasteiger partial charge on any atom is -0.508 e. The van der Waals surface area contributed by atoms with Crippen LogP contribution in [0.15, 0.2) is 102 Å². The third kappa shape index (κ3) is 22.0. The van der Waals surface area contributed by atoms with Gasteiger partial charge in [-0.2, -0.15) is 0 Å². The Hall–Kier alpha value is -8.11. The van der Waals surface area contributed by atoms with Gasteiger partial charge in [-0.25, -0.2) is 0 Å². The molecule has 0 heterocycles. The van der Waals surface area contributed by atoms with Crippen molar-refractivity contribution in [1.82, 2.24) is 37.2 Å². The smallest absolute Gasteiger partial charge is 0.248 e. The van der Waals surface area contributed by atoms with E-state index in [0.717, 1.165) is 10.8 Å². The number of primary amides is 2. The van der Waals surface area contributed by atoms with Crippen LogP contribution in [0.5, 0.6) is 11.5 Å². The lowest BCUT2D eigenvalue weighted by atomic mass is 10.0. The van der Waals surface area contributed by atoms with Gasteiger partial charge in [0, 0.05) is 42.1 Å². The van der Waals surface area contributed by atoms with E-state index in [4.69, 9.17) is 40.3 Å². The maximum absolute atomic E-state index is 14.6. The second-order valence-electron chi connectivity index (χ2n) is 18.4. The molecule has 0 radical (unpaired) electrons. The highest BCUT2D eigenvalue weighted by atomic mass is 35.5. The number of phenols is 2. The molecule has 1 unspecified atom stereocenters. The van der Waals surface area contributed by atoms with Crippen LogP contribution in [-0.2, 0) is 64.0 Å². The summed E-state index contributed by atoms with van der Waals surface area (Å²) in [6, 6.07) is 13.9. The first-order valence-electron chi connectivity index (χ1n) is 24.8. The lowest BCUT2D eigenvalue weighted by Crippen LogP contribution is -2.61. The van der Waals surface area contributed by atoms with Gasteiger partial charge in [-0.3, -0.25) is 48.1 Å². The lowest BCUT2D eigenvalue weighted by Gasteiger charge is -2.28. The molecule has 0 bridgehead atoms. The standard InChI is InChI=1S/C52H66ClN13O12S2/c1-27(67)43(51(78)60-25-42(70)61-38(45(56)72)22-30-8-16-34(68)17-9-30)66-47(74)37(3-2-20-59-52(57)58)62-48(75)39(23-29-4-12-32(13-5-29)44(55)71)63-49(76)40(24-31-10-18-35(69)19-11-31)64-50(77)41(26-80-79)65-46(73)36(54)21-28-6-14-33(53)15-7-28/h4-19,27,36-41,43,67-69,79H,2-3,20-26,54H2,1H3,(H2,55,71)(H2,56,72)(H,60,78)(H,61,70)(H,62,75)(H,63,76)(H,64,77)(H,65,73)(H,66,74)(H4,57,58,59)/t27-,36+,37+,38?,39-,40+,41-,43+/m1/s1. The number of carbonyl (C=O) groups excluding carboxylic acids is 9. The number of aliphatic imine (C=N–C) groups is 1. The van der Waals surface area contributed by atoms with Crippen LogP contribution in [0, 0.1) is 0 Å². The van der Waals surface area contributed by atoms with Crippen LogP contribution >= 0.6 is 34.1 Å². The van der Waals surface area contributed by atoms with Crippen LogP contribution in [0.1, 0.15) is 52.4 Å². The van der Waals surface area contributed by atoms with Crippen molar-refractivity contribution in [3.63, 3.8) is 0 Å². The molecule has 0 spiro atoms. The van der Waals surface area contributed by atoms with Crippen molar-refractivity contribution in [3.8, 4) is 11.5 Å². The van der Waals surface area contributed by atoms with E-state index in [9.17, 15) is 58.5 Å². The van der Waals surface area contributed by atoms with Gasteiger partial charge >= 0.3 is 0 Å². The Morgan fingerprint density at radius 2 is 1.01 bits per heavy atom. The maximum atomic E-state index is 14.6. The fourth-order valence-electron chi connectivity index (χ4n) is 7.69. The molecule has 0 aliphatic heterocycles. The third-order valence-electron chi connectivity index (χ3n) is 12.0. The molecular weight excluding hydrogens is 1100 g/mol. The Kier molecular flexibility index (Phi) is 25.8. The molecule has 9 amide bonds. The summed E-state index contributed by atoms with van der Waals surface area (Å²) in [6.45, 7) is 0.392. The number of nitrogens with one attached hydrogen (secondary N) is 7. The maximum Gasteiger partial charge on any atom is 0.248 e. The molecule has 0 aliphatic rings. The number of halogens is 1. The van der Waals surface area contributed by atoms with Crippen LogP contribution in [-0.4, -0.2) is 142 Å². The summed E-state index contributed by atoms with van der Waals surface area (Å²) < 4.78 is 0. The first kappa shape index (κ1) is 64.4. The number of nitrogens with zero attached hydrogens (tertiary/aromatic N) is 1. The van der Waals surface area contributed by atoms with Crippen molar-refractivity contribution in [2.75, 3.05) is 18.8 Å². The molecule has 20 N–H and O–H groups in total. The fraction of sp³-hybridized carbons (Fsp3) is 0.346. The number of phenolic OH excluding ortho intramolecular Hbond substituents is 2. The number of aromatic hydroxyl groups is 2. The molecular formula is C52H66ClN13O12S2. The zero-order valence-corrected chi connectivity index (χ0v) is 45.8. The van der Waals surface area contributed by atoms with Gasteiger partial charge in [0.2, 0.25) is 53.2 Å². The molecule has 4 aromatic carbocycles. The summed E-state index contributed by atoms with van der Waals surface area (Å²) in [4.78, 5) is 125. The number of thiol groups is 1. The summed E-state index contributed by atoms with van der Waals surface area (Å²) in [5.41, 5.74) is 30.4. The highest BCUT2D eigenvalue weighted by molar-refractivity contribution is 8.68. The minimum absolute atomic E-state index is 0.0286. The number of rotatable bonds is 31. The van der Waals surface area contributed by atoms with Gasteiger partial charge in [0.15, 0.2) is 5.96 Å². The molecule has 0 saturated carbocycles. The monoisotopic (exact) mass is 1160 g/mol. The Balaban J connectivity index is 1.61. The molecule has 80 heavy (non-hydrogen) atoms. The van der Waals surface area contributed by atoms with Gasteiger partial charge in [-0.05, 0) is 97.0 Å². The summed E-state index contributed by atoms with van der Waals surface area (Å²) in [5, 5.41) is 48.4. The first-order valence-corrected chi connectivity index (χ1v) is 27.2. The van der Waals surface area contributed by atoms with Gasteiger partial charge in [-0.1, -0.05) is 70.9 Å². The largest absolute Gasteiger partial charge is 0.508 e. The van der Waals surface area contributed by atoms with E-state index in [-0.39, 0.29) is 73.8 Å². The number of carbonyl (C=O) groups is 9. The predicted octanol–water partition coefficient (Wildman–Crippen LogP) is -2.03. The van der Waals surface area contributed by atoms with Crippen molar-refractivity contribution < 1.29 is 58.5 Å². The lowest BCUT2D eigenvalue weighted by molar-refractivity contribution is -0.136. The Labute approximate surface area is 474 Å². The highest BCUT2D eigenvalue weighted by Gasteiger charge is 2.35. The van der Waals surface area contributed by atoms with E-state index in [2.05, 4.69) is 53.9 Å². The summed E-state index contributed by atoms with van der Waals surface area (Å²) in [7, 11) is 0.915. The topological polar surface area (TPSA) is 441 Å². The van der Waals surface area contributed by atoms with E-state index in [0.29, 0.717) is 27.3 Å². The summed E-state index contributed by atoms with van der Waals surface area (Å²) >= 11 is 10.2. The van der Waals surface area contributed by atoms with Crippen LogP contribution in [0.2, 0.25) is 5.02 Å². The zero-order chi connectivity index (χ0) is 59.1. The van der Waals surface area contributed by atoms with Gasteiger partial charge in [0.1, 0.15) is 47.8 Å².